The van der Waals surface area contributed by atoms with Crippen molar-refractivity contribution in [2.75, 3.05) is 20.8 Å². The molecule has 1 heterocycles. The number of ether oxygens (including phenoxy) is 3. The first-order valence-electron chi connectivity index (χ1n) is 6.88. The van der Waals surface area contributed by atoms with Crippen LogP contribution in [0.5, 0.6) is 23.0 Å². The lowest BCUT2D eigenvalue weighted by Gasteiger charge is -2.27. The van der Waals surface area contributed by atoms with E-state index in [2.05, 4.69) is 0 Å². The lowest BCUT2D eigenvalue weighted by atomic mass is 9.89. The van der Waals surface area contributed by atoms with Gasteiger partial charge in [0.15, 0.2) is 0 Å². The highest BCUT2D eigenvalue weighted by Gasteiger charge is 2.24. The minimum Gasteiger partial charge on any atom is -0.508 e. The highest BCUT2D eigenvalue weighted by molar-refractivity contribution is 5.47. The summed E-state index contributed by atoms with van der Waals surface area (Å²) in [5, 5.41) is 9.56. The van der Waals surface area contributed by atoms with E-state index in [1.165, 1.54) is 0 Å². The predicted octanol–water partition coefficient (Wildman–Crippen LogP) is 3.13. The third-order valence-corrected chi connectivity index (χ3v) is 3.84. The average Bonchev–Trinajstić information content (AvgIpc) is 2.53. The first kappa shape index (κ1) is 13.6. The number of hydrogen-bond acceptors (Lipinski definition) is 4. The molecule has 110 valence electrons. The van der Waals surface area contributed by atoms with Crippen molar-refractivity contribution in [1.82, 2.24) is 0 Å². The fourth-order valence-corrected chi connectivity index (χ4v) is 2.72. The van der Waals surface area contributed by atoms with Gasteiger partial charge in [-0.2, -0.15) is 0 Å². The van der Waals surface area contributed by atoms with Gasteiger partial charge in [-0.25, -0.2) is 0 Å². The smallest absolute Gasteiger partial charge is 0.126 e. The first-order valence-corrected chi connectivity index (χ1v) is 6.88. The Labute approximate surface area is 123 Å². The molecular formula is C17H18O4. The van der Waals surface area contributed by atoms with E-state index in [0.29, 0.717) is 12.4 Å². The molecule has 4 nitrogen and oxygen atoms in total. The quantitative estimate of drug-likeness (QED) is 0.941. The molecule has 21 heavy (non-hydrogen) atoms. The molecule has 0 unspecified atom stereocenters. The van der Waals surface area contributed by atoms with Crippen molar-refractivity contribution in [3.63, 3.8) is 0 Å². The Kier molecular flexibility index (Phi) is 3.60. The van der Waals surface area contributed by atoms with Gasteiger partial charge in [0.2, 0.25) is 0 Å². The largest absolute Gasteiger partial charge is 0.508 e. The highest BCUT2D eigenvalue weighted by atomic mass is 16.5. The molecule has 2 aromatic carbocycles. The van der Waals surface area contributed by atoms with Gasteiger partial charge in [-0.3, -0.25) is 0 Å². The Morgan fingerprint density at radius 1 is 1.10 bits per heavy atom. The molecule has 0 amide bonds. The Morgan fingerprint density at radius 3 is 2.71 bits per heavy atom. The number of phenolic OH excluding ortho intramolecular Hbond substituents is 1. The van der Waals surface area contributed by atoms with Crippen LogP contribution in [0.15, 0.2) is 36.4 Å². The molecule has 0 radical (unpaired) electrons. The molecule has 3 rings (SSSR count). The van der Waals surface area contributed by atoms with Gasteiger partial charge < -0.3 is 19.3 Å². The number of phenols is 1. The number of hydrogen-bond donors (Lipinski definition) is 1. The van der Waals surface area contributed by atoms with Gasteiger partial charge in [-0.05, 0) is 24.1 Å². The van der Waals surface area contributed by atoms with Gasteiger partial charge in [0.1, 0.15) is 23.0 Å². The summed E-state index contributed by atoms with van der Waals surface area (Å²) in [5.74, 6) is 2.79. The van der Waals surface area contributed by atoms with Crippen molar-refractivity contribution in [2.24, 2.45) is 0 Å². The zero-order chi connectivity index (χ0) is 14.8. The Morgan fingerprint density at radius 2 is 1.95 bits per heavy atom. The highest BCUT2D eigenvalue weighted by Crippen LogP contribution is 2.38. The minimum atomic E-state index is 0.206. The predicted molar refractivity (Wildman–Crippen MR) is 79.6 cm³/mol. The lowest BCUT2D eigenvalue weighted by molar-refractivity contribution is 0.257. The third kappa shape index (κ3) is 2.61. The van der Waals surface area contributed by atoms with Crippen LogP contribution in [0.2, 0.25) is 0 Å². The molecule has 1 N–H and O–H groups in total. The number of rotatable bonds is 3. The summed E-state index contributed by atoms with van der Waals surface area (Å²) < 4.78 is 16.4. The molecule has 4 heteroatoms. The summed E-state index contributed by atoms with van der Waals surface area (Å²) in [6.07, 6.45) is 0.875. The molecule has 1 aliphatic rings. The molecule has 0 aromatic heterocycles. The van der Waals surface area contributed by atoms with Crippen molar-refractivity contribution in [3.05, 3.63) is 47.5 Å². The Bertz CT molecular complexity index is 651. The van der Waals surface area contributed by atoms with Crippen molar-refractivity contribution < 1.29 is 19.3 Å². The normalized spacial score (nSPS) is 16.8. The van der Waals surface area contributed by atoms with E-state index in [-0.39, 0.29) is 11.7 Å². The zero-order valence-corrected chi connectivity index (χ0v) is 12.1. The fourth-order valence-electron chi connectivity index (χ4n) is 2.72. The maximum Gasteiger partial charge on any atom is 0.126 e. The summed E-state index contributed by atoms with van der Waals surface area (Å²) >= 11 is 0. The number of fused-ring (bicyclic) bond motifs is 1. The standard InChI is InChI=1S/C17H18O4/c1-19-14-5-3-11-7-12(10-21-16(11)9-14)15-6-4-13(18)8-17(15)20-2/h3-6,8-9,12,18H,7,10H2,1-2H3/t12-/m1/s1. The van der Waals surface area contributed by atoms with Crippen LogP contribution in [0.4, 0.5) is 0 Å². The first-order chi connectivity index (χ1) is 10.2. The van der Waals surface area contributed by atoms with E-state index in [1.54, 1.807) is 26.4 Å². The van der Waals surface area contributed by atoms with E-state index in [4.69, 9.17) is 14.2 Å². The van der Waals surface area contributed by atoms with E-state index >= 15 is 0 Å². The van der Waals surface area contributed by atoms with Gasteiger partial charge in [-0.15, -0.1) is 0 Å². The summed E-state index contributed by atoms with van der Waals surface area (Å²) in [5.41, 5.74) is 2.21. The number of benzene rings is 2. The number of aromatic hydroxyl groups is 1. The van der Waals surface area contributed by atoms with Crippen LogP contribution in [-0.4, -0.2) is 25.9 Å². The van der Waals surface area contributed by atoms with Crippen LogP contribution >= 0.6 is 0 Å². The fraction of sp³-hybridized carbons (Fsp3) is 0.294. The second-order valence-corrected chi connectivity index (χ2v) is 5.11. The Balaban J connectivity index is 1.89. The Hall–Kier alpha value is -2.36. The molecule has 0 saturated heterocycles. The number of methoxy groups -OCH3 is 2. The van der Waals surface area contributed by atoms with E-state index < -0.39 is 0 Å². The van der Waals surface area contributed by atoms with Crippen LogP contribution in [0, 0.1) is 0 Å². The van der Waals surface area contributed by atoms with Gasteiger partial charge >= 0.3 is 0 Å². The third-order valence-electron chi connectivity index (χ3n) is 3.84. The summed E-state index contributed by atoms with van der Waals surface area (Å²) in [6.45, 7) is 0.585. The molecular weight excluding hydrogens is 268 g/mol. The topological polar surface area (TPSA) is 47.9 Å². The monoisotopic (exact) mass is 286 g/mol. The van der Waals surface area contributed by atoms with Crippen molar-refractivity contribution >= 4 is 0 Å². The van der Waals surface area contributed by atoms with Crippen LogP contribution < -0.4 is 14.2 Å². The van der Waals surface area contributed by atoms with E-state index in [0.717, 1.165) is 29.0 Å². The lowest BCUT2D eigenvalue weighted by Crippen LogP contribution is -2.19. The molecule has 0 saturated carbocycles. The maximum atomic E-state index is 9.56. The van der Waals surface area contributed by atoms with Gasteiger partial charge in [0.25, 0.3) is 0 Å². The van der Waals surface area contributed by atoms with Crippen LogP contribution in [-0.2, 0) is 6.42 Å². The van der Waals surface area contributed by atoms with Crippen molar-refractivity contribution in [2.45, 2.75) is 12.3 Å². The summed E-state index contributed by atoms with van der Waals surface area (Å²) in [7, 11) is 3.26. The molecule has 1 atom stereocenters. The maximum absolute atomic E-state index is 9.56. The summed E-state index contributed by atoms with van der Waals surface area (Å²) in [6, 6.07) is 11.1. The molecule has 0 fully saturated rings. The van der Waals surface area contributed by atoms with Crippen molar-refractivity contribution in [3.8, 4) is 23.0 Å². The molecule has 2 aromatic rings. The minimum absolute atomic E-state index is 0.206. The molecule has 0 spiro atoms. The van der Waals surface area contributed by atoms with Gasteiger partial charge in [0, 0.05) is 23.6 Å². The van der Waals surface area contributed by atoms with Gasteiger partial charge in [-0.1, -0.05) is 12.1 Å². The molecule has 0 aliphatic carbocycles. The molecule has 0 bridgehead atoms. The zero-order valence-electron chi connectivity index (χ0n) is 12.1. The van der Waals surface area contributed by atoms with Crippen LogP contribution in [0.25, 0.3) is 0 Å². The SMILES string of the molecule is COc1ccc2c(c1)OC[C@H](c1ccc(O)cc1OC)C2. The van der Waals surface area contributed by atoms with Gasteiger partial charge in [0.05, 0.1) is 20.8 Å². The van der Waals surface area contributed by atoms with Crippen LogP contribution in [0.3, 0.4) is 0 Å². The average molecular weight is 286 g/mol. The van der Waals surface area contributed by atoms with Crippen molar-refractivity contribution in [1.29, 1.82) is 0 Å². The van der Waals surface area contributed by atoms with E-state index in [1.807, 2.05) is 24.3 Å². The van der Waals surface area contributed by atoms with Crippen LogP contribution in [0.1, 0.15) is 17.0 Å². The second kappa shape index (κ2) is 5.56. The summed E-state index contributed by atoms with van der Waals surface area (Å²) in [4.78, 5) is 0. The van der Waals surface area contributed by atoms with E-state index in [9.17, 15) is 5.11 Å². The second-order valence-electron chi connectivity index (χ2n) is 5.11. The molecule has 1 aliphatic heterocycles.